The third kappa shape index (κ3) is 5.94. The lowest BCUT2D eigenvalue weighted by molar-refractivity contribution is -0.144. The van der Waals surface area contributed by atoms with Gasteiger partial charge in [-0.1, -0.05) is 72.3 Å². The molecule has 3 aromatic carbocycles. The molecule has 230 valence electrons. The summed E-state index contributed by atoms with van der Waals surface area (Å²) >= 11 is 7.92. The van der Waals surface area contributed by atoms with E-state index in [2.05, 4.69) is 70.3 Å². The first-order chi connectivity index (χ1) is 21.9. The molecule has 2 N–H and O–H groups in total. The van der Waals surface area contributed by atoms with Crippen molar-refractivity contribution in [2.45, 2.75) is 55.9 Å². The normalized spacial score (nSPS) is 23.1. The first-order valence-corrected chi connectivity index (χ1v) is 17.0. The summed E-state index contributed by atoms with van der Waals surface area (Å²) in [5.74, 6) is 0.785. The molecule has 0 saturated heterocycles. The van der Waals surface area contributed by atoms with E-state index in [-0.39, 0.29) is 5.41 Å². The van der Waals surface area contributed by atoms with Crippen molar-refractivity contribution < 1.29 is 14.6 Å². The number of anilines is 1. The molecular formula is C38H37ClN2O3S. The molecule has 7 heteroatoms. The van der Waals surface area contributed by atoms with Crippen molar-refractivity contribution in [2.75, 3.05) is 11.9 Å². The Balaban J connectivity index is 1.16. The summed E-state index contributed by atoms with van der Waals surface area (Å²) in [4.78, 5) is 17.3. The highest BCUT2D eigenvalue weighted by Gasteiger charge is 2.54. The van der Waals surface area contributed by atoms with Gasteiger partial charge in [-0.3, -0.25) is 4.98 Å². The highest BCUT2D eigenvalue weighted by Crippen LogP contribution is 2.56. The number of aromatic nitrogens is 1. The number of aliphatic carboxylic acids is 1. The topological polar surface area (TPSA) is 71.5 Å². The van der Waals surface area contributed by atoms with Gasteiger partial charge < -0.3 is 15.2 Å². The van der Waals surface area contributed by atoms with E-state index in [0.717, 1.165) is 53.8 Å². The molecule has 1 spiro atoms. The summed E-state index contributed by atoms with van der Waals surface area (Å²) in [7, 11) is 0. The van der Waals surface area contributed by atoms with Crippen LogP contribution in [-0.2, 0) is 23.1 Å². The Kier molecular flexibility index (Phi) is 8.28. The Hall–Kier alpha value is -3.87. The number of carboxylic acid groups (broad SMARTS) is 1. The predicted molar refractivity (Wildman–Crippen MR) is 183 cm³/mol. The van der Waals surface area contributed by atoms with Crippen LogP contribution < -0.4 is 10.1 Å². The minimum Gasteiger partial charge on any atom is -0.492 e. The van der Waals surface area contributed by atoms with Crippen LogP contribution in [0.1, 0.15) is 48.8 Å². The fourth-order valence-electron chi connectivity index (χ4n) is 7.94. The highest BCUT2D eigenvalue weighted by atomic mass is 35.5. The zero-order valence-corrected chi connectivity index (χ0v) is 26.7. The van der Waals surface area contributed by atoms with Crippen molar-refractivity contribution >= 4 is 44.8 Å². The third-order valence-electron chi connectivity index (χ3n) is 10.2. The van der Waals surface area contributed by atoms with Crippen LogP contribution in [0.15, 0.2) is 103 Å². The number of pyridine rings is 1. The van der Waals surface area contributed by atoms with Crippen LogP contribution in [0, 0.1) is 11.8 Å². The Morgan fingerprint density at radius 2 is 1.80 bits per heavy atom. The SMILES string of the molecule is O=C(O)C1(Nc2cccc(Cl)c2)CCC2(CC1)c1ccccc1C[C@H]2C[C@H](COc1ccnc2ccsc12)Cc1ccccc1. The number of rotatable bonds is 10. The van der Waals surface area contributed by atoms with Crippen LogP contribution >= 0.6 is 22.9 Å². The third-order valence-corrected chi connectivity index (χ3v) is 11.3. The van der Waals surface area contributed by atoms with Crippen molar-refractivity contribution in [2.24, 2.45) is 11.8 Å². The molecule has 2 aliphatic carbocycles. The monoisotopic (exact) mass is 636 g/mol. The lowest BCUT2D eigenvalue weighted by Crippen LogP contribution is -2.53. The number of hydrogen-bond acceptors (Lipinski definition) is 5. The van der Waals surface area contributed by atoms with E-state index in [1.807, 2.05) is 42.6 Å². The number of nitrogens with zero attached hydrogens (tertiary/aromatic N) is 1. The zero-order chi connectivity index (χ0) is 30.9. The number of benzene rings is 3. The van der Waals surface area contributed by atoms with Crippen molar-refractivity contribution in [1.29, 1.82) is 0 Å². The van der Waals surface area contributed by atoms with Crippen LogP contribution in [0.2, 0.25) is 5.02 Å². The van der Waals surface area contributed by atoms with E-state index in [1.165, 1.54) is 16.7 Å². The zero-order valence-electron chi connectivity index (χ0n) is 25.1. The van der Waals surface area contributed by atoms with E-state index >= 15 is 0 Å². The fourth-order valence-corrected chi connectivity index (χ4v) is 8.95. The van der Waals surface area contributed by atoms with E-state index in [0.29, 0.717) is 36.3 Å². The van der Waals surface area contributed by atoms with Gasteiger partial charge in [-0.25, -0.2) is 4.79 Å². The average molecular weight is 637 g/mol. The predicted octanol–water partition coefficient (Wildman–Crippen LogP) is 9.20. The highest BCUT2D eigenvalue weighted by molar-refractivity contribution is 7.17. The molecule has 1 fully saturated rings. The molecule has 5 nitrogen and oxygen atoms in total. The number of fused-ring (bicyclic) bond motifs is 3. The molecule has 0 aliphatic heterocycles. The van der Waals surface area contributed by atoms with Crippen LogP contribution in [-0.4, -0.2) is 28.2 Å². The molecule has 1 saturated carbocycles. The minimum atomic E-state index is -1.03. The van der Waals surface area contributed by atoms with Gasteiger partial charge in [0.2, 0.25) is 0 Å². The maximum Gasteiger partial charge on any atom is 0.329 e. The Morgan fingerprint density at radius 1 is 1.00 bits per heavy atom. The molecular weight excluding hydrogens is 600 g/mol. The molecule has 45 heavy (non-hydrogen) atoms. The van der Waals surface area contributed by atoms with E-state index in [4.69, 9.17) is 16.3 Å². The average Bonchev–Trinajstić information content (AvgIpc) is 3.65. The molecule has 2 aromatic heterocycles. The molecule has 5 aromatic rings. The molecule has 7 rings (SSSR count). The van der Waals surface area contributed by atoms with E-state index < -0.39 is 11.5 Å². The van der Waals surface area contributed by atoms with Crippen molar-refractivity contribution in [1.82, 2.24) is 4.98 Å². The number of hydrogen-bond donors (Lipinski definition) is 2. The molecule has 2 atom stereocenters. The molecule has 2 heterocycles. The summed E-state index contributed by atoms with van der Waals surface area (Å²) in [6.07, 6.45) is 7.49. The van der Waals surface area contributed by atoms with Crippen molar-refractivity contribution in [3.63, 3.8) is 0 Å². The van der Waals surface area contributed by atoms with Crippen molar-refractivity contribution in [3.05, 3.63) is 124 Å². The molecule has 2 aliphatic rings. The number of carboxylic acids is 1. The Bertz CT molecular complexity index is 1800. The maximum absolute atomic E-state index is 12.9. The summed E-state index contributed by atoms with van der Waals surface area (Å²) < 4.78 is 7.68. The number of carbonyl (C=O) groups is 1. The van der Waals surface area contributed by atoms with Gasteiger partial charge in [-0.2, -0.15) is 0 Å². The maximum atomic E-state index is 12.9. The minimum absolute atomic E-state index is 0.0713. The molecule has 0 unspecified atom stereocenters. The number of halogens is 1. The van der Waals surface area contributed by atoms with Gasteiger partial charge in [-0.15, -0.1) is 11.3 Å². The summed E-state index contributed by atoms with van der Waals surface area (Å²) in [6, 6.07) is 30.9. The van der Waals surface area contributed by atoms with Gasteiger partial charge in [0, 0.05) is 16.9 Å². The Morgan fingerprint density at radius 3 is 2.60 bits per heavy atom. The van der Waals surface area contributed by atoms with Gasteiger partial charge in [0.25, 0.3) is 0 Å². The Labute approximate surface area is 273 Å². The van der Waals surface area contributed by atoms with Gasteiger partial charge in [0.1, 0.15) is 11.3 Å². The number of nitrogens with one attached hydrogen (secondary N) is 1. The molecule has 0 radical (unpaired) electrons. The molecule has 0 amide bonds. The van der Waals surface area contributed by atoms with Crippen LogP contribution in [0.4, 0.5) is 5.69 Å². The van der Waals surface area contributed by atoms with E-state index in [1.54, 1.807) is 11.3 Å². The first-order valence-electron chi connectivity index (χ1n) is 15.8. The molecule has 0 bridgehead atoms. The number of ether oxygens (including phenoxy) is 1. The smallest absolute Gasteiger partial charge is 0.329 e. The van der Waals surface area contributed by atoms with Gasteiger partial charge in [-0.05, 0) is 115 Å². The summed E-state index contributed by atoms with van der Waals surface area (Å²) in [5, 5.41) is 16.6. The lowest BCUT2D eigenvalue weighted by atomic mass is 9.59. The second kappa shape index (κ2) is 12.5. The van der Waals surface area contributed by atoms with Crippen LogP contribution in [0.25, 0.3) is 10.2 Å². The standard InChI is InChI=1S/C38H37ClN2O3S/c39-30-10-6-11-31(24-30)41-38(36(42)43)17-15-37(16-18-38)29(23-28-9-4-5-12-32(28)37)22-27(21-26-7-2-1-3-8-26)25-44-34-13-19-40-33-14-20-45-35(33)34/h1-14,19-20,24,27,29,41H,15-18,21-23,25H2,(H,42,43)/t27-,29-,37?,38?/m1/s1. The van der Waals surface area contributed by atoms with E-state index in [9.17, 15) is 9.90 Å². The van der Waals surface area contributed by atoms with Gasteiger partial charge >= 0.3 is 5.97 Å². The van der Waals surface area contributed by atoms with Crippen LogP contribution in [0.5, 0.6) is 5.75 Å². The summed E-state index contributed by atoms with van der Waals surface area (Å²) in [5.41, 5.74) is 4.74. The first kappa shape index (κ1) is 29.8. The van der Waals surface area contributed by atoms with Crippen LogP contribution in [0.3, 0.4) is 0 Å². The second-order valence-corrected chi connectivity index (χ2v) is 14.1. The quantitative estimate of drug-likeness (QED) is 0.160. The largest absolute Gasteiger partial charge is 0.492 e. The summed E-state index contributed by atoms with van der Waals surface area (Å²) in [6.45, 7) is 0.615. The number of thiophene rings is 1. The lowest BCUT2D eigenvalue weighted by Gasteiger charge is -2.47. The van der Waals surface area contributed by atoms with Gasteiger partial charge in [0.05, 0.1) is 16.8 Å². The fraction of sp³-hybridized carbons (Fsp3) is 0.316. The van der Waals surface area contributed by atoms with Crippen molar-refractivity contribution in [3.8, 4) is 5.75 Å². The second-order valence-electron chi connectivity index (χ2n) is 12.8. The van der Waals surface area contributed by atoms with Gasteiger partial charge in [0.15, 0.2) is 0 Å².